The highest BCUT2D eigenvalue weighted by atomic mass is 79.9. The van der Waals surface area contributed by atoms with E-state index in [1.54, 1.807) is 0 Å². The van der Waals surface area contributed by atoms with Gasteiger partial charge in [0.15, 0.2) is 5.96 Å². The summed E-state index contributed by atoms with van der Waals surface area (Å²) in [5, 5.41) is 6.12. The molecule has 0 saturated carbocycles. The van der Waals surface area contributed by atoms with Crippen molar-refractivity contribution >= 4 is 27.8 Å². The Hall–Kier alpha value is -1.36. The summed E-state index contributed by atoms with van der Waals surface area (Å²) in [6.45, 7) is 6.90. The largest absolute Gasteiger partial charge is 0.338 e. The van der Waals surface area contributed by atoms with Crippen LogP contribution in [-0.2, 0) is 10.3 Å². The fraction of sp³-hybridized carbons (Fsp3) is 0.467. The summed E-state index contributed by atoms with van der Waals surface area (Å²) < 4.78 is 1.000. The zero-order valence-corrected chi connectivity index (χ0v) is 13.6. The zero-order chi connectivity index (χ0) is 14.8. The van der Waals surface area contributed by atoms with Crippen molar-refractivity contribution in [2.45, 2.75) is 32.7 Å². The van der Waals surface area contributed by atoms with E-state index in [-0.39, 0.29) is 5.91 Å². The number of rotatable bonds is 4. The third-order valence-electron chi connectivity index (χ3n) is 3.43. The molecule has 1 aliphatic rings. The Morgan fingerprint density at radius 2 is 1.95 bits per heavy atom. The fourth-order valence-corrected chi connectivity index (χ4v) is 2.51. The van der Waals surface area contributed by atoms with Crippen LogP contribution in [0.4, 0.5) is 0 Å². The number of amides is 1. The lowest BCUT2D eigenvalue weighted by Gasteiger charge is -2.25. The molecule has 0 bridgehead atoms. The molecule has 4 nitrogen and oxygen atoms in total. The minimum atomic E-state index is -0.712. The van der Waals surface area contributed by atoms with Gasteiger partial charge in [-0.3, -0.25) is 15.1 Å². The second-order valence-electron chi connectivity index (χ2n) is 5.43. The number of carbonyl (C=O) groups excluding carboxylic acids is 1. The molecule has 108 valence electrons. The van der Waals surface area contributed by atoms with Crippen molar-refractivity contribution in [3.05, 3.63) is 34.3 Å². The molecule has 0 spiro atoms. The monoisotopic (exact) mass is 337 g/mol. The van der Waals surface area contributed by atoms with Gasteiger partial charge < -0.3 is 5.32 Å². The molecule has 1 aromatic rings. The Morgan fingerprint density at radius 1 is 1.30 bits per heavy atom. The van der Waals surface area contributed by atoms with Crippen LogP contribution < -0.4 is 10.6 Å². The van der Waals surface area contributed by atoms with Gasteiger partial charge in [-0.1, -0.05) is 48.8 Å². The highest BCUT2D eigenvalue weighted by molar-refractivity contribution is 9.10. The molecular weight excluding hydrogens is 318 g/mol. The molecule has 0 aromatic heterocycles. The molecule has 1 amide bonds. The normalized spacial score (nSPS) is 24.1. The SMILES string of the molecule is CCC1(c2ccc(Br)cc2)NC(=NCC(C)C)NC1=O. The Labute approximate surface area is 128 Å². The Morgan fingerprint density at radius 3 is 2.50 bits per heavy atom. The fourth-order valence-electron chi connectivity index (χ4n) is 2.25. The summed E-state index contributed by atoms with van der Waals surface area (Å²) in [7, 11) is 0. The van der Waals surface area contributed by atoms with Gasteiger partial charge in [0.25, 0.3) is 5.91 Å². The van der Waals surface area contributed by atoms with Gasteiger partial charge in [-0.05, 0) is 30.0 Å². The van der Waals surface area contributed by atoms with Crippen LogP contribution in [0.1, 0.15) is 32.8 Å². The van der Waals surface area contributed by atoms with E-state index in [4.69, 9.17) is 0 Å². The summed E-state index contributed by atoms with van der Waals surface area (Å²) >= 11 is 3.42. The van der Waals surface area contributed by atoms with Crippen molar-refractivity contribution in [2.75, 3.05) is 6.54 Å². The molecule has 2 N–H and O–H groups in total. The van der Waals surface area contributed by atoms with E-state index in [9.17, 15) is 4.79 Å². The van der Waals surface area contributed by atoms with Gasteiger partial charge in [0.1, 0.15) is 5.54 Å². The van der Waals surface area contributed by atoms with E-state index >= 15 is 0 Å². The van der Waals surface area contributed by atoms with Crippen molar-refractivity contribution in [1.82, 2.24) is 10.6 Å². The minimum absolute atomic E-state index is 0.0372. The number of aliphatic imine (C=N–C) groups is 1. The van der Waals surface area contributed by atoms with E-state index in [2.05, 4.69) is 45.4 Å². The van der Waals surface area contributed by atoms with Gasteiger partial charge in [0, 0.05) is 11.0 Å². The second-order valence-corrected chi connectivity index (χ2v) is 6.34. The molecule has 5 heteroatoms. The van der Waals surface area contributed by atoms with Crippen LogP contribution in [0.2, 0.25) is 0 Å². The lowest BCUT2D eigenvalue weighted by atomic mass is 9.87. The van der Waals surface area contributed by atoms with Gasteiger partial charge >= 0.3 is 0 Å². The molecule has 1 unspecified atom stereocenters. The van der Waals surface area contributed by atoms with Crippen LogP contribution >= 0.6 is 15.9 Å². The highest BCUT2D eigenvalue weighted by Gasteiger charge is 2.45. The van der Waals surface area contributed by atoms with Crippen LogP contribution in [0.15, 0.2) is 33.7 Å². The van der Waals surface area contributed by atoms with Crippen molar-refractivity contribution < 1.29 is 4.79 Å². The Balaban J connectivity index is 2.29. The number of nitrogens with zero attached hydrogens (tertiary/aromatic N) is 1. The van der Waals surface area contributed by atoms with Crippen LogP contribution in [0.3, 0.4) is 0 Å². The average molecular weight is 338 g/mol. The quantitative estimate of drug-likeness (QED) is 0.887. The van der Waals surface area contributed by atoms with E-state index < -0.39 is 5.54 Å². The van der Waals surface area contributed by atoms with Gasteiger partial charge in [0.05, 0.1) is 0 Å². The van der Waals surface area contributed by atoms with Gasteiger partial charge in [-0.25, -0.2) is 0 Å². The smallest absolute Gasteiger partial charge is 0.257 e. The topological polar surface area (TPSA) is 53.5 Å². The zero-order valence-electron chi connectivity index (χ0n) is 12.0. The summed E-state index contributed by atoms with van der Waals surface area (Å²) in [4.78, 5) is 16.8. The number of hydrogen-bond acceptors (Lipinski definition) is 2. The number of carbonyl (C=O) groups is 1. The summed E-state index contributed by atoms with van der Waals surface area (Å²) in [5.74, 6) is 1.00. The Kier molecular flexibility index (Phi) is 4.48. The molecule has 0 aliphatic carbocycles. The summed E-state index contributed by atoms with van der Waals surface area (Å²) in [5.41, 5.74) is 0.242. The maximum Gasteiger partial charge on any atom is 0.257 e. The molecule has 1 aliphatic heterocycles. The number of guanidine groups is 1. The Bertz CT molecular complexity index is 524. The second kappa shape index (κ2) is 5.95. The van der Waals surface area contributed by atoms with Crippen molar-refractivity contribution in [1.29, 1.82) is 0 Å². The third-order valence-corrected chi connectivity index (χ3v) is 3.96. The maximum absolute atomic E-state index is 12.4. The van der Waals surface area contributed by atoms with Gasteiger partial charge in [-0.15, -0.1) is 0 Å². The lowest BCUT2D eigenvalue weighted by Crippen LogP contribution is -2.43. The first-order valence-electron chi connectivity index (χ1n) is 6.88. The first-order chi connectivity index (χ1) is 9.48. The summed E-state index contributed by atoms with van der Waals surface area (Å²) in [6, 6.07) is 7.83. The average Bonchev–Trinajstić information content (AvgIpc) is 2.75. The van der Waals surface area contributed by atoms with Crippen LogP contribution in [0.25, 0.3) is 0 Å². The van der Waals surface area contributed by atoms with Crippen molar-refractivity contribution in [3.63, 3.8) is 0 Å². The molecule has 1 heterocycles. The number of halogens is 1. The molecule has 1 saturated heterocycles. The standard InChI is InChI=1S/C15H20BrN3O/c1-4-15(11-5-7-12(16)8-6-11)13(20)18-14(19-15)17-9-10(2)3/h5-8,10H,4,9H2,1-3H3,(H2,17,18,19,20). The maximum atomic E-state index is 12.4. The van der Waals surface area contributed by atoms with Gasteiger partial charge in [0.2, 0.25) is 0 Å². The molecule has 20 heavy (non-hydrogen) atoms. The molecule has 2 rings (SSSR count). The third kappa shape index (κ3) is 2.87. The lowest BCUT2D eigenvalue weighted by molar-refractivity contribution is -0.124. The van der Waals surface area contributed by atoms with E-state index in [1.807, 2.05) is 31.2 Å². The minimum Gasteiger partial charge on any atom is -0.338 e. The van der Waals surface area contributed by atoms with Crippen molar-refractivity contribution in [2.24, 2.45) is 10.9 Å². The van der Waals surface area contributed by atoms with Crippen LogP contribution in [0.5, 0.6) is 0 Å². The first-order valence-corrected chi connectivity index (χ1v) is 7.67. The van der Waals surface area contributed by atoms with Crippen LogP contribution in [0, 0.1) is 5.92 Å². The van der Waals surface area contributed by atoms with E-state index in [0.717, 1.165) is 10.0 Å². The summed E-state index contributed by atoms with van der Waals surface area (Å²) in [6.07, 6.45) is 0.668. The molecule has 1 atom stereocenters. The van der Waals surface area contributed by atoms with Crippen LogP contribution in [-0.4, -0.2) is 18.4 Å². The van der Waals surface area contributed by atoms with Gasteiger partial charge in [-0.2, -0.15) is 0 Å². The molecule has 1 aromatic carbocycles. The van der Waals surface area contributed by atoms with E-state index in [0.29, 0.717) is 24.8 Å². The molecular formula is C15H20BrN3O. The molecule has 1 fully saturated rings. The predicted molar refractivity (Wildman–Crippen MR) is 84.5 cm³/mol. The van der Waals surface area contributed by atoms with Crippen molar-refractivity contribution in [3.8, 4) is 0 Å². The number of nitrogens with one attached hydrogen (secondary N) is 2. The number of hydrogen-bond donors (Lipinski definition) is 2. The first kappa shape index (κ1) is 15.0. The number of benzene rings is 1. The highest BCUT2D eigenvalue weighted by Crippen LogP contribution is 2.29. The predicted octanol–water partition coefficient (Wildman–Crippen LogP) is 2.79. The molecule has 0 radical (unpaired) electrons. The van der Waals surface area contributed by atoms with E-state index in [1.165, 1.54) is 0 Å².